The summed E-state index contributed by atoms with van der Waals surface area (Å²) < 4.78 is 63.7. The first-order chi connectivity index (χ1) is 56.1. The molecular formula is C96H236N8O8Si13+8. The van der Waals surface area contributed by atoms with Gasteiger partial charge >= 0.3 is 0 Å². The van der Waals surface area contributed by atoms with Crippen LogP contribution in [0, 0.1) is 0 Å². The molecule has 0 aromatic carbocycles. The fraction of sp³-hybridized carbons (Fsp3) is 1.00. The molecule has 0 unspecified atom stereocenters. The zero-order chi connectivity index (χ0) is 96.9. The molecule has 0 N–H and O–H groups in total. The zero-order valence-corrected chi connectivity index (χ0v) is 107. The van der Waals surface area contributed by atoms with Crippen molar-refractivity contribution in [3.63, 3.8) is 0 Å². The lowest BCUT2D eigenvalue weighted by atomic mass is 10.5. The average molecular weight is 2000 g/mol. The lowest BCUT2D eigenvalue weighted by Gasteiger charge is -2.39. The summed E-state index contributed by atoms with van der Waals surface area (Å²) in [5, 5.41) is 0. The van der Waals surface area contributed by atoms with Crippen LogP contribution in [0.15, 0.2) is 0 Å². The van der Waals surface area contributed by atoms with E-state index in [1.807, 2.05) is 0 Å². The molecule has 0 aliphatic heterocycles. The van der Waals surface area contributed by atoms with Crippen molar-refractivity contribution in [2.45, 2.75) is 353 Å². The van der Waals surface area contributed by atoms with Crippen LogP contribution < -0.4 is 0 Å². The second-order valence-corrected chi connectivity index (χ2v) is 116. The average Bonchev–Trinajstić information content (AvgIpc) is 0.830. The smallest absolute Gasteiger partial charge is 0.187 e. The van der Waals surface area contributed by atoms with Crippen LogP contribution in [0.2, 0.25) is 276 Å². The van der Waals surface area contributed by atoms with Crippen LogP contribution >= 0.6 is 0 Å². The molecular weight excluding hydrogens is 1760 g/mol. The predicted octanol–water partition coefficient (Wildman–Crippen LogP) is 23.9. The van der Waals surface area contributed by atoms with Gasteiger partial charge in [-0.05, 0) is 153 Å². The first-order valence-electron chi connectivity index (χ1n) is 51.7. The summed E-state index contributed by atoms with van der Waals surface area (Å²) in [7, 11) is 32.2. The number of likely N-dealkylation sites (N-methyl/N-ethyl adjacent to an activating group) is 8. The Morgan fingerprint density at radius 3 is 0.304 bits per heavy atom. The quantitative estimate of drug-likeness (QED) is 0.0441. The lowest BCUT2D eigenvalue weighted by molar-refractivity contribution is -0.870. The Bertz CT molecular complexity index is 2300. The fourth-order valence-electron chi connectivity index (χ4n) is 18.7. The van der Waals surface area contributed by atoms with E-state index in [9.17, 15) is 0 Å². The van der Waals surface area contributed by atoms with Crippen LogP contribution in [-0.4, -0.2) is 417 Å². The molecule has 0 atom stereocenters. The second kappa shape index (κ2) is 55.8. The highest BCUT2D eigenvalue weighted by Gasteiger charge is 2.42. The Balaban J connectivity index is 9.12. The molecule has 0 radical (unpaired) electrons. The van der Waals surface area contributed by atoms with Crippen LogP contribution in [0.5, 0.6) is 0 Å². The molecule has 0 saturated heterocycles. The minimum Gasteiger partial charge on any atom is -0.412 e. The van der Waals surface area contributed by atoms with Gasteiger partial charge < -0.3 is 71.3 Å². The summed E-state index contributed by atoms with van der Waals surface area (Å²) in [6.45, 7) is 68.2. The van der Waals surface area contributed by atoms with Crippen molar-refractivity contribution in [1.82, 2.24) is 0 Å². The molecule has 125 heavy (non-hydrogen) atoms. The van der Waals surface area contributed by atoms with Gasteiger partial charge in [0.1, 0.15) is 52.4 Å². The van der Waals surface area contributed by atoms with Crippen LogP contribution in [0.1, 0.15) is 77.0 Å². The highest BCUT2D eigenvalue weighted by atomic mass is 28.4. The number of nitrogens with zero attached hydrogens (tertiary/aromatic N) is 8. The molecule has 0 aliphatic rings. The molecule has 0 rings (SSSR count). The first-order valence-corrected chi connectivity index (χ1v) is 91.9. The molecule has 0 spiro atoms. The monoisotopic (exact) mass is 1990 g/mol. The maximum atomic E-state index is 6.99. The standard InChI is InChI=1S/C96H236N8O8Si13/c1-97(2,3)57-65-105-113(25,26)73-45-81-121(41,82-46-74-114(27,28)106-66-58-98(4,5)6)89-53-93-125(94-54-90-122(42,83-47-75-115(29,30)107-67-59-99(7,8)9)84-48-76-116(31,32)108-68-60-100(10,11)12,95-55-91-123(43,85-49-77-117(33,34)109-69-61-101(13,14)15)86-50-78-118(35,36)110-70-62-102(16,17)18)96-56-92-124(44,87-51-79-119(37,38)111-71-63-103(19,20)21)88-52-80-120(39,40)112-72-64-104(22,23)24/h45-96H2,1-44H3/q+8. The van der Waals surface area contributed by atoms with Crippen molar-refractivity contribution >= 4 is 107 Å². The Morgan fingerprint density at radius 2 is 0.216 bits per heavy atom. The maximum Gasteiger partial charge on any atom is 0.187 e. The molecule has 29 heteroatoms. The van der Waals surface area contributed by atoms with Crippen molar-refractivity contribution in [3.05, 3.63) is 0 Å². The van der Waals surface area contributed by atoms with E-state index in [1.165, 1.54) is 198 Å². The second-order valence-electron chi connectivity index (χ2n) is 56.0. The van der Waals surface area contributed by atoms with E-state index in [0.29, 0.717) is 0 Å². The number of hydrogen-bond acceptors (Lipinski definition) is 8. The first kappa shape index (κ1) is 127. The van der Waals surface area contributed by atoms with Crippen molar-refractivity contribution < 1.29 is 71.3 Å². The van der Waals surface area contributed by atoms with E-state index in [4.69, 9.17) is 35.4 Å². The van der Waals surface area contributed by atoms with Gasteiger partial charge in [-0.2, -0.15) is 0 Å². The Hall–Kier alpha value is 2.18. The van der Waals surface area contributed by atoms with Gasteiger partial charge in [0.15, 0.2) is 66.5 Å². The maximum absolute atomic E-state index is 6.99. The van der Waals surface area contributed by atoms with Gasteiger partial charge in [0, 0.05) is 0 Å². The van der Waals surface area contributed by atoms with E-state index < -0.39 is 107 Å². The third-order valence-corrected chi connectivity index (χ3v) is 73.2. The highest BCUT2D eigenvalue weighted by molar-refractivity contribution is 6.84. The van der Waals surface area contributed by atoms with Gasteiger partial charge in [0.2, 0.25) is 0 Å². The molecule has 0 heterocycles. The van der Waals surface area contributed by atoms with E-state index >= 15 is 0 Å². The summed E-state index contributed by atoms with van der Waals surface area (Å²) >= 11 is 0. The molecule has 0 aromatic rings. The summed E-state index contributed by atoms with van der Waals surface area (Å²) in [6.07, 6.45) is 16.7. The molecule has 0 amide bonds. The summed E-state index contributed by atoms with van der Waals surface area (Å²) in [6, 6.07) is 34.3. The third kappa shape index (κ3) is 74.0. The van der Waals surface area contributed by atoms with Gasteiger partial charge in [-0.15, -0.1) is 0 Å². The van der Waals surface area contributed by atoms with Gasteiger partial charge in [0.25, 0.3) is 0 Å². The molecule has 0 saturated carbocycles. The van der Waals surface area contributed by atoms with Gasteiger partial charge in [-0.1, -0.05) is 200 Å². The molecule has 0 aliphatic carbocycles. The fourth-order valence-corrected chi connectivity index (χ4v) is 58.0. The normalized spacial score (nSPS) is 14.9. The number of hydrogen-bond donors (Lipinski definition) is 0. The topological polar surface area (TPSA) is 73.8 Å². The SMILES string of the molecule is C[N+](C)(C)CCO[Si](C)(C)CCC[Si](C)(CCC[Si](CCC[Si](C)(CCC[Si](C)(C)OCC[N+](C)(C)C)CCC[Si](C)(C)OCC[N+](C)(C)C)(CCC[Si](C)(CCC[Si](C)(C)OCC[N+](C)(C)C)CCC[Si](C)(C)OCC[N+](C)(C)C)CCC[Si](C)(CCC[Si](C)(C)OCC[N+](C)(C)C)CCC[Si](C)(C)OCC[N+](C)(C)C)CCC[Si](C)(C)OCC[N+](C)(C)C. The molecule has 0 fully saturated rings. The summed E-state index contributed by atoms with van der Waals surface area (Å²) in [5.74, 6) is 0. The number of quaternary nitrogens is 8. The van der Waals surface area contributed by atoms with E-state index in [2.05, 4.69) is 300 Å². The van der Waals surface area contributed by atoms with Crippen molar-refractivity contribution in [2.75, 3.05) is 274 Å². The molecule has 16 nitrogen and oxygen atoms in total. The lowest BCUT2D eigenvalue weighted by Crippen LogP contribution is -2.41. The Morgan fingerprint density at radius 1 is 0.128 bits per heavy atom. The van der Waals surface area contributed by atoms with Gasteiger partial charge in [-0.3, -0.25) is 0 Å². The van der Waals surface area contributed by atoms with Crippen molar-refractivity contribution in [3.8, 4) is 0 Å². The largest absolute Gasteiger partial charge is 0.412 e. The summed E-state index contributed by atoms with van der Waals surface area (Å²) in [4.78, 5) is 0. The summed E-state index contributed by atoms with van der Waals surface area (Å²) in [5.41, 5.74) is 0. The van der Waals surface area contributed by atoms with E-state index in [0.717, 1.165) is 141 Å². The molecule has 0 aromatic heterocycles. The molecule has 752 valence electrons. The Labute approximate surface area is 799 Å². The third-order valence-electron chi connectivity index (χ3n) is 28.5. The van der Waals surface area contributed by atoms with Crippen LogP contribution in [0.3, 0.4) is 0 Å². The zero-order valence-electron chi connectivity index (χ0n) is 94.1. The number of rotatable bonds is 80. The van der Waals surface area contributed by atoms with Gasteiger partial charge in [0.05, 0.1) is 262 Å². The van der Waals surface area contributed by atoms with Gasteiger partial charge in [-0.25, -0.2) is 0 Å². The predicted molar refractivity (Wildman–Crippen MR) is 594 cm³/mol. The Kier molecular flexibility index (Phi) is 56.8. The van der Waals surface area contributed by atoms with Crippen molar-refractivity contribution in [2.24, 2.45) is 0 Å². The molecule has 0 bridgehead atoms. The van der Waals surface area contributed by atoms with Crippen LogP contribution in [0.4, 0.5) is 0 Å². The van der Waals surface area contributed by atoms with E-state index in [1.54, 1.807) is 24.2 Å². The van der Waals surface area contributed by atoms with Crippen LogP contribution in [-0.2, 0) is 35.4 Å². The van der Waals surface area contributed by atoms with E-state index in [-0.39, 0.29) is 0 Å². The minimum absolute atomic E-state index is 0.886. The van der Waals surface area contributed by atoms with Crippen LogP contribution in [0.25, 0.3) is 0 Å². The highest BCUT2D eigenvalue weighted by Crippen LogP contribution is 2.44. The minimum atomic E-state index is -1.96. The van der Waals surface area contributed by atoms with Crippen molar-refractivity contribution in [1.29, 1.82) is 0 Å².